The van der Waals surface area contributed by atoms with E-state index in [0.29, 0.717) is 0 Å². The van der Waals surface area contributed by atoms with Gasteiger partial charge in [-0.15, -0.1) is 0 Å². The Morgan fingerprint density at radius 1 is 0.914 bits per heavy atom. The molecule has 4 aromatic rings. The lowest BCUT2D eigenvalue weighted by atomic mass is 9.87. The van der Waals surface area contributed by atoms with Crippen molar-refractivity contribution in [1.82, 2.24) is 14.5 Å². The number of hydrogen-bond acceptors (Lipinski definition) is 2. The predicted octanol–water partition coefficient (Wildman–Crippen LogP) is 6.46. The molecular formula is C28H28F2IN3O. The van der Waals surface area contributed by atoms with E-state index < -0.39 is 0 Å². The number of fused-ring (bicyclic) bond motifs is 1. The summed E-state index contributed by atoms with van der Waals surface area (Å²) < 4.78 is 30.0. The highest BCUT2D eigenvalue weighted by Crippen LogP contribution is 2.31. The standard InChI is InChI=1S/C28H28F2IN3O/c29-21-7-3-19(4-8-21)25(20-5-9-22(30)10-6-20)2-1-15-33-16-13-24(14-17-33)34-27-12-11-23(31)18-26(27)32-28(34)35/h3-12,18,24-25H,1-2,13-17H2,(H,32,35). The van der Waals surface area contributed by atoms with Gasteiger partial charge in [0.25, 0.3) is 0 Å². The molecule has 3 aromatic carbocycles. The minimum Gasteiger partial charge on any atom is -0.305 e. The second-order valence-corrected chi connectivity index (χ2v) is 10.6. The Morgan fingerprint density at radius 3 is 2.11 bits per heavy atom. The van der Waals surface area contributed by atoms with E-state index in [2.05, 4.69) is 32.5 Å². The number of nitrogens with zero attached hydrogens (tertiary/aromatic N) is 2. The number of H-pyrrole nitrogens is 1. The van der Waals surface area contributed by atoms with Crippen molar-refractivity contribution in [2.45, 2.75) is 37.6 Å². The van der Waals surface area contributed by atoms with Gasteiger partial charge in [-0.2, -0.15) is 0 Å². The third kappa shape index (κ3) is 5.51. The molecule has 1 aromatic heterocycles. The summed E-state index contributed by atoms with van der Waals surface area (Å²) in [6, 6.07) is 19.6. The third-order valence-corrected chi connectivity index (χ3v) is 7.78. The molecule has 0 atom stereocenters. The molecule has 0 unspecified atom stereocenters. The molecule has 0 spiro atoms. The summed E-state index contributed by atoms with van der Waals surface area (Å²) in [5.74, 6) is -0.404. The fourth-order valence-electron chi connectivity index (χ4n) is 5.30. The van der Waals surface area contributed by atoms with E-state index in [4.69, 9.17) is 0 Å². The Balaban J connectivity index is 1.21. The molecule has 2 heterocycles. The first-order valence-electron chi connectivity index (χ1n) is 12.1. The number of hydrogen-bond donors (Lipinski definition) is 1. The largest absolute Gasteiger partial charge is 0.326 e. The van der Waals surface area contributed by atoms with Gasteiger partial charge in [0.2, 0.25) is 0 Å². The quantitative estimate of drug-likeness (QED) is 0.252. The lowest BCUT2D eigenvalue weighted by Gasteiger charge is -2.33. The van der Waals surface area contributed by atoms with Crippen LogP contribution in [0.5, 0.6) is 0 Å². The van der Waals surface area contributed by atoms with Crippen molar-refractivity contribution in [2.24, 2.45) is 0 Å². The molecule has 7 heteroatoms. The van der Waals surface area contributed by atoms with Crippen LogP contribution in [0.1, 0.15) is 48.8 Å². The van der Waals surface area contributed by atoms with Crippen LogP contribution in [0.25, 0.3) is 11.0 Å². The zero-order valence-electron chi connectivity index (χ0n) is 19.4. The van der Waals surface area contributed by atoms with Crippen molar-refractivity contribution in [3.8, 4) is 0 Å². The molecule has 1 aliphatic heterocycles. The molecule has 182 valence electrons. The van der Waals surface area contributed by atoms with Crippen molar-refractivity contribution >= 4 is 33.6 Å². The first kappa shape index (κ1) is 24.2. The molecular weight excluding hydrogens is 559 g/mol. The lowest BCUT2D eigenvalue weighted by molar-refractivity contribution is 0.183. The fourth-order valence-corrected chi connectivity index (χ4v) is 5.79. The van der Waals surface area contributed by atoms with E-state index in [1.807, 2.05) is 47.0 Å². The van der Waals surface area contributed by atoms with Gasteiger partial charge in [0.05, 0.1) is 11.0 Å². The van der Waals surface area contributed by atoms with E-state index in [9.17, 15) is 13.6 Å². The molecule has 0 radical (unpaired) electrons. The van der Waals surface area contributed by atoms with E-state index >= 15 is 0 Å². The molecule has 0 amide bonds. The summed E-state index contributed by atoms with van der Waals surface area (Å²) in [7, 11) is 0. The topological polar surface area (TPSA) is 41.0 Å². The molecule has 1 N–H and O–H groups in total. The van der Waals surface area contributed by atoms with E-state index in [1.54, 1.807) is 0 Å². The van der Waals surface area contributed by atoms with Gasteiger partial charge in [0.1, 0.15) is 11.6 Å². The highest BCUT2D eigenvalue weighted by Gasteiger charge is 2.24. The molecule has 0 saturated carbocycles. The number of nitrogens with one attached hydrogen (secondary N) is 1. The van der Waals surface area contributed by atoms with Gasteiger partial charge in [-0.25, -0.2) is 13.6 Å². The average molecular weight is 587 g/mol. The Hall–Kier alpha value is -2.52. The second-order valence-electron chi connectivity index (χ2n) is 9.33. The van der Waals surface area contributed by atoms with E-state index in [1.165, 1.54) is 24.3 Å². The Bertz CT molecular complexity index is 1290. The maximum absolute atomic E-state index is 13.5. The van der Waals surface area contributed by atoms with Crippen molar-refractivity contribution in [3.05, 3.63) is 104 Å². The SMILES string of the molecule is O=c1[nH]c2cc(I)ccc2n1C1CCN(CCCC(c2ccc(F)cc2)c2ccc(F)cc2)CC1. The predicted molar refractivity (Wildman–Crippen MR) is 144 cm³/mol. The molecule has 1 saturated heterocycles. The molecule has 1 aliphatic rings. The maximum Gasteiger partial charge on any atom is 0.326 e. The van der Waals surface area contributed by atoms with Gasteiger partial charge in [0, 0.05) is 28.6 Å². The van der Waals surface area contributed by atoms with Gasteiger partial charge in [-0.05, 0) is 108 Å². The fraction of sp³-hybridized carbons (Fsp3) is 0.321. The maximum atomic E-state index is 13.5. The summed E-state index contributed by atoms with van der Waals surface area (Å²) in [6.45, 7) is 2.87. The van der Waals surface area contributed by atoms with Crippen LogP contribution in [0, 0.1) is 15.2 Å². The molecule has 0 bridgehead atoms. The highest BCUT2D eigenvalue weighted by molar-refractivity contribution is 14.1. The highest BCUT2D eigenvalue weighted by atomic mass is 127. The second kappa shape index (κ2) is 10.6. The number of piperidine rings is 1. The van der Waals surface area contributed by atoms with Crippen molar-refractivity contribution in [2.75, 3.05) is 19.6 Å². The number of benzene rings is 3. The van der Waals surface area contributed by atoms with Crippen molar-refractivity contribution < 1.29 is 8.78 Å². The average Bonchev–Trinajstić information content (AvgIpc) is 3.18. The summed E-state index contributed by atoms with van der Waals surface area (Å²) in [5, 5.41) is 0. The number of rotatable bonds is 7. The monoisotopic (exact) mass is 587 g/mol. The van der Waals surface area contributed by atoms with Gasteiger partial charge in [-0.1, -0.05) is 24.3 Å². The first-order chi connectivity index (χ1) is 17.0. The Morgan fingerprint density at radius 2 is 1.51 bits per heavy atom. The molecule has 0 aliphatic carbocycles. The summed E-state index contributed by atoms with van der Waals surface area (Å²) in [5.41, 5.74) is 3.95. The normalized spacial score (nSPS) is 15.3. The van der Waals surface area contributed by atoms with Crippen LogP contribution in [0.15, 0.2) is 71.5 Å². The smallest absolute Gasteiger partial charge is 0.305 e. The van der Waals surface area contributed by atoms with Crippen molar-refractivity contribution in [3.63, 3.8) is 0 Å². The van der Waals surface area contributed by atoms with Crippen LogP contribution in [0.2, 0.25) is 0 Å². The van der Waals surface area contributed by atoms with Gasteiger partial charge in [0.15, 0.2) is 0 Å². The summed E-state index contributed by atoms with van der Waals surface area (Å²) >= 11 is 2.26. The van der Waals surface area contributed by atoms with Crippen LogP contribution in [0.4, 0.5) is 8.78 Å². The molecule has 1 fully saturated rings. The number of aromatic amines is 1. The van der Waals surface area contributed by atoms with Crippen molar-refractivity contribution in [1.29, 1.82) is 0 Å². The van der Waals surface area contributed by atoms with Crippen LogP contribution < -0.4 is 5.69 Å². The molecule has 4 nitrogen and oxygen atoms in total. The van der Waals surface area contributed by atoms with E-state index in [-0.39, 0.29) is 29.3 Å². The minimum atomic E-state index is -0.251. The van der Waals surface area contributed by atoms with Gasteiger partial charge < -0.3 is 9.88 Å². The van der Waals surface area contributed by atoms with Crippen LogP contribution in [-0.4, -0.2) is 34.1 Å². The molecule has 5 rings (SSSR count). The number of halogens is 3. The Labute approximate surface area is 217 Å². The summed E-state index contributed by atoms with van der Waals surface area (Å²) in [4.78, 5) is 18.1. The van der Waals surface area contributed by atoms with Crippen LogP contribution >= 0.6 is 22.6 Å². The van der Waals surface area contributed by atoms with Gasteiger partial charge >= 0.3 is 5.69 Å². The van der Waals surface area contributed by atoms with Crippen LogP contribution in [0.3, 0.4) is 0 Å². The number of imidazole rings is 1. The first-order valence-corrected chi connectivity index (χ1v) is 13.2. The van der Waals surface area contributed by atoms with Gasteiger partial charge in [-0.3, -0.25) is 4.57 Å². The number of likely N-dealkylation sites (tertiary alicyclic amines) is 1. The molecule has 35 heavy (non-hydrogen) atoms. The van der Waals surface area contributed by atoms with E-state index in [0.717, 1.165) is 71.0 Å². The minimum absolute atomic E-state index is 0.0260. The number of aromatic nitrogens is 2. The summed E-state index contributed by atoms with van der Waals surface area (Å²) in [6.07, 6.45) is 3.77. The zero-order chi connectivity index (χ0) is 24.4. The lowest BCUT2D eigenvalue weighted by Crippen LogP contribution is -2.37. The Kier molecular flexibility index (Phi) is 7.34. The van der Waals surface area contributed by atoms with Crippen LogP contribution in [-0.2, 0) is 0 Å². The third-order valence-electron chi connectivity index (χ3n) is 7.11. The zero-order valence-corrected chi connectivity index (χ0v) is 21.5.